The van der Waals surface area contributed by atoms with Crippen molar-refractivity contribution in [2.75, 3.05) is 7.05 Å². The van der Waals surface area contributed by atoms with Gasteiger partial charge in [-0.2, -0.15) is 0 Å². The van der Waals surface area contributed by atoms with Crippen molar-refractivity contribution in [2.24, 2.45) is 5.92 Å². The van der Waals surface area contributed by atoms with E-state index in [1.807, 2.05) is 13.8 Å². The third-order valence-corrected chi connectivity index (χ3v) is 2.19. The van der Waals surface area contributed by atoms with Crippen LogP contribution in [-0.2, 0) is 9.53 Å². The highest BCUT2D eigenvalue weighted by Crippen LogP contribution is 2.10. The number of alkyl carbamates (subject to hydrolysis) is 1. The molecule has 0 aliphatic heterocycles. The van der Waals surface area contributed by atoms with E-state index in [1.165, 1.54) is 0 Å². The van der Waals surface area contributed by atoms with Crippen LogP contribution in [0, 0.1) is 5.92 Å². The number of ether oxygens (including phenoxy) is 1. The Labute approximate surface area is 103 Å². The zero-order chi connectivity index (χ0) is 13.6. The molecule has 0 rings (SSSR count). The van der Waals surface area contributed by atoms with Crippen LogP contribution in [0.5, 0.6) is 0 Å². The van der Waals surface area contributed by atoms with Gasteiger partial charge in [0.05, 0.1) is 0 Å². The van der Waals surface area contributed by atoms with E-state index in [1.54, 1.807) is 27.8 Å². The maximum Gasteiger partial charge on any atom is 0.407 e. The fraction of sp³-hybridized carbons (Fsp3) is 0.833. The Morgan fingerprint density at radius 1 is 1.24 bits per heavy atom. The van der Waals surface area contributed by atoms with Gasteiger partial charge in [-0.05, 0) is 26.7 Å². The van der Waals surface area contributed by atoms with Crippen LogP contribution in [0.4, 0.5) is 4.79 Å². The molecule has 0 saturated carbocycles. The van der Waals surface area contributed by atoms with Gasteiger partial charge in [-0.3, -0.25) is 4.79 Å². The Bertz CT molecular complexity index is 269. The summed E-state index contributed by atoms with van der Waals surface area (Å²) in [6.45, 7) is 9.30. The zero-order valence-corrected chi connectivity index (χ0v) is 11.6. The molecule has 0 heterocycles. The second kappa shape index (κ2) is 6.47. The molecule has 0 aromatic heterocycles. The van der Waals surface area contributed by atoms with Crippen LogP contribution in [0.3, 0.4) is 0 Å². The molecule has 0 spiro atoms. The number of hydrogen-bond acceptors (Lipinski definition) is 3. The van der Waals surface area contributed by atoms with Crippen LogP contribution >= 0.6 is 0 Å². The predicted molar refractivity (Wildman–Crippen MR) is 66.7 cm³/mol. The fourth-order valence-corrected chi connectivity index (χ4v) is 1.21. The van der Waals surface area contributed by atoms with E-state index in [-0.39, 0.29) is 24.3 Å². The van der Waals surface area contributed by atoms with E-state index in [0.717, 1.165) is 0 Å². The molecular weight excluding hydrogens is 220 g/mol. The highest BCUT2D eigenvalue weighted by molar-refractivity contribution is 5.77. The summed E-state index contributed by atoms with van der Waals surface area (Å²) in [5, 5.41) is 5.26. The summed E-state index contributed by atoms with van der Waals surface area (Å²) in [5.41, 5.74) is -0.529. The Kier molecular flexibility index (Phi) is 5.99. The van der Waals surface area contributed by atoms with E-state index in [0.29, 0.717) is 0 Å². The van der Waals surface area contributed by atoms with E-state index in [4.69, 9.17) is 4.74 Å². The molecule has 0 fully saturated rings. The van der Waals surface area contributed by atoms with Crippen LogP contribution in [0.2, 0.25) is 0 Å². The van der Waals surface area contributed by atoms with Crippen molar-refractivity contribution in [3.05, 3.63) is 0 Å². The minimum Gasteiger partial charge on any atom is -0.444 e. The maximum absolute atomic E-state index is 11.6. The summed E-state index contributed by atoms with van der Waals surface area (Å²) < 4.78 is 5.15. The lowest BCUT2D eigenvalue weighted by molar-refractivity contribution is -0.121. The third kappa shape index (κ3) is 7.60. The van der Waals surface area contributed by atoms with Crippen molar-refractivity contribution in [3.8, 4) is 0 Å². The molecule has 0 aliphatic rings. The van der Waals surface area contributed by atoms with Crippen molar-refractivity contribution in [1.29, 1.82) is 0 Å². The van der Waals surface area contributed by atoms with Crippen LogP contribution < -0.4 is 10.6 Å². The number of rotatable bonds is 4. The third-order valence-electron chi connectivity index (χ3n) is 2.19. The van der Waals surface area contributed by atoms with E-state index < -0.39 is 11.7 Å². The second-order valence-corrected chi connectivity index (χ2v) is 5.37. The van der Waals surface area contributed by atoms with Crippen LogP contribution in [0.25, 0.3) is 0 Å². The molecule has 1 atom stereocenters. The molecule has 17 heavy (non-hydrogen) atoms. The lowest BCUT2D eigenvalue weighted by Gasteiger charge is -2.25. The minimum absolute atomic E-state index is 0.0974. The highest BCUT2D eigenvalue weighted by Gasteiger charge is 2.22. The highest BCUT2D eigenvalue weighted by atomic mass is 16.6. The van der Waals surface area contributed by atoms with Crippen LogP contribution in [0.15, 0.2) is 0 Å². The molecule has 5 heteroatoms. The van der Waals surface area contributed by atoms with Gasteiger partial charge in [-0.1, -0.05) is 13.8 Å². The lowest BCUT2D eigenvalue weighted by Crippen LogP contribution is -2.44. The average Bonchev–Trinajstić information content (AvgIpc) is 2.13. The molecule has 1 unspecified atom stereocenters. The molecule has 2 N–H and O–H groups in total. The molecule has 0 radical (unpaired) electrons. The molecule has 5 nitrogen and oxygen atoms in total. The van der Waals surface area contributed by atoms with Gasteiger partial charge in [-0.15, -0.1) is 0 Å². The number of carbonyl (C=O) groups is 2. The van der Waals surface area contributed by atoms with Gasteiger partial charge in [0.1, 0.15) is 5.60 Å². The van der Waals surface area contributed by atoms with Gasteiger partial charge in [0.15, 0.2) is 0 Å². The fourth-order valence-electron chi connectivity index (χ4n) is 1.21. The molecule has 100 valence electrons. The number of amides is 2. The summed E-state index contributed by atoms with van der Waals surface area (Å²) in [7, 11) is 1.58. The molecule has 0 aliphatic carbocycles. The minimum atomic E-state index is -0.529. The summed E-state index contributed by atoms with van der Waals surface area (Å²) in [5.74, 6) is 0.0691. The molecule has 2 amide bonds. The number of hydrogen-bond donors (Lipinski definition) is 2. The lowest BCUT2D eigenvalue weighted by atomic mass is 10.0. The van der Waals surface area contributed by atoms with E-state index in [9.17, 15) is 9.59 Å². The smallest absolute Gasteiger partial charge is 0.407 e. The summed E-state index contributed by atoms with van der Waals surface area (Å²) in [4.78, 5) is 22.9. The maximum atomic E-state index is 11.6. The topological polar surface area (TPSA) is 67.4 Å². The first-order valence-electron chi connectivity index (χ1n) is 5.86. The standard InChI is InChI=1S/C12H24N2O3/c1-8(2)9(7-10(15)13-6)14-11(16)17-12(3,4)5/h8-9H,7H2,1-6H3,(H,13,15)(H,14,16). The predicted octanol–water partition coefficient (Wildman–Crippen LogP) is 1.67. The van der Waals surface area contributed by atoms with Gasteiger partial charge >= 0.3 is 6.09 Å². The van der Waals surface area contributed by atoms with Crippen molar-refractivity contribution in [2.45, 2.75) is 52.7 Å². The quantitative estimate of drug-likeness (QED) is 0.790. The summed E-state index contributed by atoms with van der Waals surface area (Å²) in [6.07, 6.45) is -0.229. The Morgan fingerprint density at radius 2 is 1.76 bits per heavy atom. The Morgan fingerprint density at radius 3 is 2.12 bits per heavy atom. The van der Waals surface area contributed by atoms with E-state index >= 15 is 0 Å². The number of nitrogens with one attached hydrogen (secondary N) is 2. The van der Waals surface area contributed by atoms with Crippen LogP contribution in [-0.4, -0.2) is 30.7 Å². The van der Waals surface area contributed by atoms with Crippen molar-refractivity contribution in [1.82, 2.24) is 10.6 Å². The van der Waals surface area contributed by atoms with Crippen molar-refractivity contribution >= 4 is 12.0 Å². The first-order valence-corrected chi connectivity index (χ1v) is 5.86. The van der Waals surface area contributed by atoms with Crippen LogP contribution in [0.1, 0.15) is 41.0 Å². The van der Waals surface area contributed by atoms with E-state index in [2.05, 4.69) is 10.6 Å². The first kappa shape index (κ1) is 15.7. The number of carbonyl (C=O) groups excluding carboxylic acids is 2. The van der Waals surface area contributed by atoms with Crippen molar-refractivity contribution in [3.63, 3.8) is 0 Å². The van der Waals surface area contributed by atoms with Crippen molar-refractivity contribution < 1.29 is 14.3 Å². The monoisotopic (exact) mass is 244 g/mol. The molecule has 0 aromatic carbocycles. The van der Waals surface area contributed by atoms with Gasteiger partial charge in [0.2, 0.25) is 5.91 Å². The molecule has 0 aromatic rings. The zero-order valence-electron chi connectivity index (χ0n) is 11.6. The average molecular weight is 244 g/mol. The van der Waals surface area contributed by atoms with Gasteiger partial charge in [0.25, 0.3) is 0 Å². The molecule has 0 saturated heterocycles. The second-order valence-electron chi connectivity index (χ2n) is 5.37. The summed E-state index contributed by atoms with van der Waals surface area (Å²) >= 11 is 0. The molecular formula is C12H24N2O3. The summed E-state index contributed by atoms with van der Waals surface area (Å²) in [6, 6.07) is -0.218. The Hall–Kier alpha value is -1.26. The SMILES string of the molecule is CNC(=O)CC(NC(=O)OC(C)(C)C)C(C)C. The van der Waals surface area contributed by atoms with Gasteiger partial charge in [-0.25, -0.2) is 4.79 Å². The normalized spacial score (nSPS) is 13.1. The molecule has 0 bridgehead atoms. The van der Waals surface area contributed by atoms with Gasteiger partial charge in [0, 0.05) is 19.5 Å². The Balaban J connectivity index is 4.35. The first-order chi connectivity index (χ1) is 7.65. The van der Waals surface area contributed by atoms with Gasteiger partial charge < -0.3 is 15.4 Å². The largest absolute Gasteiger partial charge is 0.444 e.